The van der Waals surface area contributed by atoms with E-state index in [9.17, 15) is 9.90 Å². The summed E-state index contributed by atoms with van der Waals surface area (Å²) in [5, 5.41) is 10.1. The maximum Gasteiger partial charge on any atom is 0.254 e. The zero-order valence-corrected chi connectivity index (χ0v) is 10.6. The van der Waals surface area contributed by atoms with Crippen molar-refractivity contribution in [1.82, 2.24) is 4.90 Å². The van der Waals surface area contributed by atoms with E-state index in [1.165, 1.54) is 7.11 Å². The number of hydrogen-bond donors (Lipinski definition) is 1. The van der Waals surface area contributed by atoms with Crippen LogP contribution in [-0.2, 0) is 9.53 Å². The van der Waals surface area contributed by atoms with Crippen LogP contribution in [0.5, 0.6) is 0 Å². The molecule has 1 aliphatic heterocycles. The van der Waals surface area contributed by atoms with Gasteiger partial charge in [-0.1, -0.05) is 18.7 Å². The molecule has 17 heavy (non-hydrogen) atoms. The van der Waals surface area contributed by atoms with E-state index in [2.05, 4.69) is 18.9 Å². The Hall–Kier alpha value is -1.35. The summed E-state index contributed by atoms with van der Waals surface area (Å²) in [4.78, 5) is 13.3. The molecular formula is C13H19NO3. The topological polar surface area (TPSA) is 49.8 Å². The number of amides is 1. The number of methoxy groups -OCH3 is 1. The molecule has 0 aromatic carbocycles. The highest BCUT2D eigenvalue weighted by Gasteiger charge is 2.51. The van der Waals surface area contributed by atoms with E-state index < -0.39 is 12.2 Å². The number of ether oxygens (including phenoxy) is 1. The summed E-state index contributed by atoms with van der Waals surface area (Å²) in [5.41, 5.74) is 4.12. The van der Waals surface area contributed by atoms with Crippen molar-refractivity contribution in [2.75, 3.05) is 13.7 Å². The lowest BCUT2D eigenvalue weighted by molar-refractivity contribution is -0.177. The minimum absolute atomic E-state index is 0.114. The van der Waals surface area contributed by atoms with Crippen LogP contribution in [0.15, 0.2) is 30.0 Å². The molecule has 0 saturated carbocycles. The second-order valence-corrected chi connectivity index (χ2v) is 4.37. The molecule has 1 N–H and O–H groups in total. The number of rotatable bonds is 5. The summed E-state index contributed by atoms with van der Waals surface area (Å²) in [5.74, 6) is -0.114. The Morgan fingerprint density at radius 1 is 1.65 bits per heavy atom. The van der Waals surface area contributed by atoms with Gasteiger partial charge < -0.3 is 14.7 Å². The van der Waals surface area contributed by atoms with Crippen LogP contribution < -0.4 is 0 Å². The average molecular weight is 237 g/mol. The van der Waals surface area contributed by atoms with Gasteiger partial charge in [-0.15, -0.1) is 5.73 Å². The quantitative estimate of drug-likeness (QED) is 0.439. The predicted octanol–water partition coefficient (Wildman–Crippen LogP) is 0.880. The third-order valence-corrected chi connectivity index (χ3v) is 2.94. The predicted molar refractivity (Wildman–Crippen MR) is 65.4 cm³/mol. The molecule has 1 aliphatic rings. The van der Waals surface area contributed by atoms with Crippen LogP contribution in [0.3, 0.4) is 0 Å². The molecule has 0 unspecified atom stereocenters. The Bertz CT molecular complexity index is 382. The largest absolute Gasteiger partial charge is 0.386 e. The highest BCUT2D eigenvalue weighted by Crippen LogP contribution is 2.28. The second kappa shape index (κ2) is 5.32. The third kappa shape index (κ3) is 2.50. The minimum atomic E-state index is -0.797. The van der Waals surface area contributed by atoms with Crippen molar-refractivity contribution >= 4 is 5.91 Å². The van der Waals surface area contributed by atoms with E-state index in [1.807, 2.05) is 6.92 Å². The van der Waals surface area contributed by atoms with Crippen molar-refractivity contribution in [3.63, 3.8) is 0 Å². The molecule has 0 spiro atoms. The number of hydrogen-bond acceptors (Lipinski definition) is 3. The molecule has 0 aliphatic carbocycles. The van der Waals surface area contributed by atoms with Crippen LogP contribution in [0, 0.1) is 0 Å². The van der Waals surface area contributed by atoms with Gasteiger partial charge in [0.05, 0.1) is 6.04 Å². The lowest BCUT2D eigenvalue weighted by Gasteiger charge is -2.48. The molecule has 94 valence electrons. The maximum atomic E-state index is 11.8. The van der Waals surface area contributed by atoms with Crippen LogP contribution in [0.2, 0.25) is 0 Å². The van der Waals surface area contributed by atoms with Crippen molar-refractivity contribution in [1.29, 1.82) is 0 Å². The maximum absolute atomic E-state index is 11.8. The zero-order valence-electron chi connectivity index (χ0n) is 10.6. The fraction of sp³-hybridized carbons (Fsp3) is 0.538. The Kier molecular flexibility index (Phi) is 4.29. The van der Waals surface area contributed by atoms with Gasteiger partial charge in [-0.05, 0) is 19.4 Å². The van der Waals surface area contributed by atoms with Gasteiger partial charge in [-0.25, -0.2) is 0 Å². The molecule has 4 nitrogen and oxygen atoms in total. The SMILES string of the molecule is C=C=C(C)[C@@H](O)[C@H]1[C@@H](OC)C(=O)N1CC(=C)C. The van der Waals surface area contributed by atoms with Gasteiger partial charge in [0.15, 0.2) is 6.10 Å². The molecule has 3 atom stereocenters. The van der Waals surface area contributed by atoms with Gasteiger partial charge in [0.1, 0.15) is 6.10 Å². The summed E-state index contributed by atoms with van der Waals surface area (Å²) in [6.07, 6.45) is -1.39. The van der Waals surface area contributed by atoms with Gasteiger partial charge in [0, 0.05) is 13.7 Å². The van der Waals surface area contributed by atoms with Crippen molar-refractivity contribution in [3.8, 4) is 0 Å². The Labute approximate surface area is 102 Å². The van der Waals surface area contributed by atoms with Gasteiger partial charge in [-0.2, -0.15) is 0 Å². The summed E-state index contributed by atoms with van der Waals surface area (Å²) < 4.78 is 5.10. The van der Waals surface area contributed by atoms with Crippen LogP contribution in [0.4, 0.5) is 0 Å². The number of aliphatic hydroxyl groups is 1. The van der Waals surface area contributed by atoms with Crippen LogP contribution in [0.25, 0.3) is 0 Å². The molecule has 0 aromatic heterocycles. The van der Waals surface area contributed by atoms with Crippen LogP contribution in [0.1, 0.15) is 13.8 Å². The average Bonchev–Trinajstić information content (AvgIpc) is 2.30. The second-order valence-electron chi connectivity index (χ2n) is 4.37. The lowest BCUT2D eigenvalue weighted by atomic mass is 9.88. The van der Waals surface area contributed by atoms with Crippen molar-refractivity contribution < 1.29 is 14.6 Å². The normalized spacial score (nSPS) is 24.9. The van der Waals surface area contributed by atoms with Crippen molar-refractivity contribution in [2.24, 2.45) is 0 Å². The van der Waals surface area contributed by atoms with Gasteiger partial charge in [0.2, 0.25) is 0 Å². The molecule has 1 heterocycles. The number of carbonyl (C=O) groups is 1. The first-order valence-corrected chi connectivity index (χ1v) is 5.46. The van der Waals surface area contributed by atoms with E-state index in [4.69, 9.17) is 4.74 Å². The van der Waals surface area contributed by atoms with Gasteiger partial charge in [-0.3, -0.25) is 4.79 Å². The molecule has 0 aromatic rings. The van der Waals surface area contributed by atoms with Gasteiger partial charge >= 0.3 is 0 Å². The summed E-state index contributed by atoms with van der Waals surface area (Å²) >= 11 is 0. The zero-order chi connectivity index (χ0) is 13.2. The van der Waals surface area contributed by atoms with E-state index in [1.54, 1.807) is 11.8 Å². The molecule has 4 heteroatoms. The van der Waals surface area contributed by atoms with Crippen LogP contribution >= 0.6 is 0 Å². The fourth-order valence-electron chi connectivity index (χ4n) is 1.95. The third-order valence-electron chi connectivity index (χ3n) is 2.94. The van der Waals surface area contributed by atoms with Crippen molar-refractivity contribution in [2.45, 2.75) is 32.1 Å². The Morgan fingerprint density at radius 2 is 2.24 bits per heavy atom. The van der Waals surface area contributed by atoms with Crippen molar-refractivity contribution in [3.05, 3.63) is 30.0 Å². The smallest absolute Gasteiger partial charge is 0.254 e. The van der Waals surface area contributed by atoms with Gasteiger partial charge in [0.25, 0.3) is 5.91 Å². The van der Waals surface area contributed by atoms with Crippen LogP contribution in [-0.4, -0.2) is 47.8 Å². The highest BCUT2D eigenvalue weighted by molar-refractivity contribution is 5.89. The first-order chi connectivity index (χ1) is 7.93. The number of likely N-dealkylation sites (tertiary alicyclic amines) is 1. The number of nitrogens with zero attached hydrogens (tertiary/aromatic N) is 1. The summed E-state index contributed by atoms with van der Waals surface area (Å²) in [6, 6.07) is -0.376. The first-order valence-electron chi connectivity index (χ1n) is 5.46. The summed E-state index contributed by atoms with van der Waals surface area (Å²) in [7, 11) is 1.47. The fourth-order valence-corrected chi connectivity index (χ4v) is 1.95. The minimum Gasteiger partial charge on any atom is -0.386 e. The van der Waals surface area contributed by atoms with E-state index in [0.717, 1.165) is 5.57 Å². The Morgan fingerprint density at radius 3 is 2.65 bits per heavy atom. The molecule has 1 rings (SSSR count). The standard InChI is InChI=1S/C13H19NO3/c1-6-9(4)11(15)10-12(17-5)13(16)14(10)7-8(2)3/h10-12,15H,1-2,7H2,3-5H3/t10-,11+,12+/m0/s1. The molecule has 0 radical (unpaired) electrons. The lowest BCUT2D eigenvalue weighted by Crippen LogP contribution is -2.69. The highest BCUT2D eigenvalue weighted by atomic mass is 16.5. The number of carbonyl (C=O) groups excluding carboxylic acids is 1. The van der Waals surface area contributed by atoms with E-state index >= 15 is 0 Å². The number of β-lactam (4-membered cyclic amide) rings is 1. The molecule has 1 fully saturated rings. The molecule has 0 bridgehead atoms. The first kappa shape index (κ1) is 13.7. The van der Waals surface area contributed by atoms with E-state index in [0.29, 0.717) is 12.1 Å². The monoisotopic (exact) mass is 237 g/mol. The summed E-state index contributed by atoms with van der Waals surface area (Å²) in [6.45, 7) is 11.3. The molecule has 1 amide bonds. The molecule has 1 saturated heterocycles. The van der Waals surface area contributed by atoms with E-state index in [-0.39, 0.29) is 11.9 Å². The molecular weight excluding hydrogens is 218 g/mol. The number of aliphatic hydroxyl groups excluding tert-OH is 1. The Balaban J connectivity index is 2.88.